The molecule has 5 nitrogen and oxygen atoms in total. The third kappa shape index (κ3) is 3.90. The minimum absolute atomic E-state index is 0.482. The van der Waals surface area contributed by atoms with E-state index in [1.165, 1.54) is 37.7 Å². The molecule has 0 saturated heterocycles. The predicted molar refractivity (Wildman–Crippen MR) is 84.8 cm³/mol. The second-order valence-corrected chi connectivity index (χ2v) is 5.64. The number of nitrogens with zero attached hydrogens (tertiary/aromatic N) is 3. The van der Waals surface area contributed by atoms with Crippen LogP contribution in [0.15, 0.2) is 30.5 Å². The molecular weight excluding hydrogens is 262 g/mol. The zero-order valence-electron chi connectivity index (χ0n) is 12.3. The maximum Gasteiger partial charge on any atom is 0.244 e. The Morgan fingerprint density at radius 2 is 1.81 bits per heavy atom. The van der Waals surface area contributed by atoms with Crippen LogP contribution in [0.4, 0.5) is 17.5 Å². The summed E-state index contributed by atoms with van der Waals surface area (Å²) in [4.78, 5) is 4.49. The Labute approximate surface area is 125 Å². The average Bonchev–Trinajstić information content (AvgIpc) is 2.51. The molecule has 0 amide bonds. The van der Waals surface area contributed by atoms with Gasteiger partial charge in [-0.2, -0.15) is 10.1 Å². The molecule has 0 aliphatic heterocycles. The van der Waals surface area contributed by atoms with Crippen LogP contribution in [0.1, 0.15) is 37.7 Å². The van der Waals surface area contributed by atoms with Crippen molar-refractivity contribution >= 4 is 17.5 Å². The summed E-state index contributed by atoms with van der Waals surface area (Å²) >= 11 is 0. The Hall–Kier alpha value is -2.17. The van der Waals surface area contributed by atoms with E-state index in [4.69, 9.17) is 0 Å². The molecule has 0 bridgehead atoms. The predicted octanol–water partition coefficient (Wildman–Crippen LogP) is 3.67. The molecule has 1 aliphatic rings. The van der Waals surface area contributed by atoms with E-state index in [2.05, 4.69) is 44.9 Å². The van der Waals surface area contributed by atoms with E-state index in [1.807, 2.05) is 12.1 Å². The maximum absolute atomic E-state index is 4.49. The fourth-order valence-corrected chi connectivity index (χ4v) is 2.64. The Balaban J connectivity index is 1.66. The molecule has 0 atom stereocenters. The molecule has 1 aromatic carbocycles. The third-order valence-corrected chi connectivity index (χ3v) is 3.82. The largest absolute Gasteiger partial charge is 0.350 e. The van der Waals surface area contributed by atoms with Gasteiger partial charge in [0.25, 0.3) is 0 Å². The lowest BCUT2D eigenvalue weighted by Gasteiger charge is -2.22. The van der Waals surface area contributed by atoms with E-state index in [0.29, 0.717) is 17.8 Å². The molecule has 1 saturated carbocycles. The molecule has 5 heteroatoms. The van der Waals surface area contributed by atoms with Gasteiger partial charge >= 0.3 is 0 Å². The zero-order valence-corrected chi connectivity index (χ0v) is 12.3. The van der Waals surface area contributed by atoms with Crippen LogP contribution in [-0.4, -0.2) is 21.2 Å². The summed E-state index contributed by atoms with van der Waals surface area (Å²) in [5.74, 6) is 1.33. The van der Waals surface area contributed by atoms with Crippen LogP contribution in [0.5, 0.6) is 0 Å². The van der Waals surface area contributed by atoms with E-state index in [1.54, 1.807) is 6.20 Å². The summed E-state index contributed by atoms with van der Waals surface area (Å²) in [7, 11) is 0. The number of hydrogen-bond donors (Lipinski definition) is 2. The highest BCUT2D eigenvalue weighted by Gasteiger charge is 2.14. The minimum atomic E-state index is 0.482. The quantitative estimate of drug-likeness (QED) is 0.896. The lowest BCUT2D eigenvalue weighted by molar-refractivity contribution is 0.460. The lowest BCUT2D eigenvalue weighted by atomic mass is 9.96. The van der Waals surface area contributed by atoms with Crippen LogP contribution in [0.25, 0.3) is 0 Å². The molecule has 1 heterocycles. The topological polar surface area (TPSA) is 62.7 Å². The van der Waals surface area contributed by atoms with Crippen molar-refractivity contribution in [1.29, 1.82) is 0 Å². The number of nitrogens with one attached hydrogen (secondary N) is 2. The maximum atomic E-state index is 4.49. The monoisotopic (exact) mass is 283 g/mol. The van der Waals surface area contributed by atoms with Crippen molar-refractivity contribution in [3.05, 3.63) is 36.0 Å². The summed E-state index contributed by atoms with van der Waals surface area (Å²) in [5.41, 5.74) is 2.24. The standard InChI is InChI=1S/C16H21N5/c1-12-7-9-14(10-8-12)18-15-11-17-21-16(20-15)19-13-5-3-2-4-6-13/h7-11,13H,2-6H2,1H3,(H2,18,19,20,21). The third-order valence-electron chi connectivity index (χ3n) is 3.82. The van der Waals surface area contributed by atoms with E-state index in [-0.39, 0.29) is 0 Å². The number of anilines is 3. The van der Waals surface area contributed by atoms with Crippen LogP contribution >= 0.6 is 0 Å². The van der Waals surface area contributed by atoms with Gasteiger partial charge in [-0.25, -0.2) is 0 Å². The molecule has 0 radical (unpaired) electrons. The van der Waals surface area contributed by atoms with Gasteiger partial charge in [0.15, 0.2) is 5.82 Å². The Kier molecular flexibility index (Phi) is 4.28. The van der Waals surface area contributed by atoms with Crippen LogP contribution in [0.3, 0.4) is 0 Å². The first-order chi connectivity index (χ1) is 10.3. The van der Waals surface area contributed by atoms with Gasteiger partial charge in [0.2, 0.25) is 5.95 Å². The number of aryl methyl sites for hydroxylation is 1. The van der Waals surface area contributed by atoms with Crippen molar-refractivity contribution < 1.29 is 0 Å². The molecule has 2 N–H and O–H groups in total. The summed E-state index contributed by atoms with van der Waals surface area (Å²) in [6.07, 6.45) is 7.94. The first-order valence-corrected chi connectivity index (χ1v) is 7.59. The van der Waals surface area contributed by atoms with Gasteiger partial charge in [-0.1, -0.05) is 37.0 Å². The smallest absolute Gasteiger partial charge is 0.244 e. The van der Waals surface area contributed by atoms with E-state index in [9.17, 15) is 0 Å². The van der Waals surface area contributed by atoms with Gasteiger partial charge in [-0.3, -0.25) is 0 Å². The molecule has 21 heavy (non-hydrogen) atoms. The summed E-state index contributed by atoms with van der Waals surface area (Å²) < 4.78 is 0. The highest BCUT2D eigenvalue weighted by Crippen LogP contribution is 2.21. The second kappa shape index (κ2) is 6.52. The van der Waals surface area contributed by atoms with Crippen molar-refractivity contribution in [2.45, 2.75) is 45.1 Å². The summed E-state index contributed by atoms with van der Waals surface area (Å²) in [5, 5.41) is 14.7. The minimum Gasteiger partial charge on any atom is -0.350 e. The number of aromatic nitrogens is 3. The van der Waals surface area contributed by atoms with Crippen molar-refractivity contribution in [1.82, 2.24) is 15.2 Å². The molecule has 110 valence electrons. The number of rotatable bonds is 4. The molecule has 1 aromatic heterocycles. The fourth-order valence-electron chi connectivity index (χ4n) is 2.64. The summed E-state index contributed by atoms with van der Waals surface area (Å²) in [6, 6.07) is 8.68. The number of hydrogen-bond acceptors (Lipinski definition) is 5. The van der Waals surface area contributed by atoms with Gasteiger partial charge in [0.1, 0.15) is 0 Å². The first kappa shape index (κ1) is 13.8. The molecular formula is C16H21N5. The summed E-state index contributed by atoms with van der Waals surface area (Å²) in [6.45, 7) is 2.07. The Morgan fingerprint density at radius 3 is 2.57 bits per heavy atom. The van der Waals surface area contributed by atoms with Crippen LogP contribution in [-0.2, 0) is 0 Å². The fraction of sp³-hybridized carbons (Fsp3) is 0.438. The first-order valence-electron chi connectivity index (χ1n) is 7.59. The van der Waals surface area contributed by atoms with Gasteiger partial charge in [-0.05, 0) is 31.9 Å². The van der Waals surface area contributed by atoms with Crippen molar-refractivity contribution in [3.8, 4) is 0 Å². The molecule has 0 unspecified atom stereocenters. The molecule has 0 spiro atoms. The lowest BCUT2D eigenvalue weighted by Crippen LogP contribution is -2.23. The average molecular weight is 283 g/mol. The van der Waals surface area contributed by atoms with Crippen molar-refractivity contribution in [2.75, 3.05) is 10.6 Å². The number of benzene rings is 1. The van der Waals surface area contributed by atoms with Crippen LogP contribution in [0.2, 0.25) is 0 Å². The Bertz CT molecular complexity index is 575. The zero-order chi connectivity index (χ0) is 14.5. The van der Waals surface area contributed by atoms with E-state index >= 15 is 0 Å². The van der Waals surface area contributed by atoms with Gasteiger partial charge < -0.3 is 10.6 Å². The van der Waals surface area contributed by atoms with E-state index in [0.717, 1.165) is 5.69 Å². The normalized spacial score (nSPS) is 15.7. The second-order valence-electron chi connectivity index (χ2n) is 5.64. The molecule has 2 aromatic rings. The SMILES string of the molecule is Cc1ccc(Nc2cnnc(NC3CCCCC3)n2)cc1. The van der Waals surface area contributed by atoms with Gasteiger partial charge in [-0.15, -0.1) is 5.10 Å². The van der Waals surface area contributed by atoms with Crippen molar-refractivity contribution in [2.24, 2.45) is 0 Å². The van der Waals surface area contributed by atoms with Gasteiger partial charge in [0.05, 0.1) is 6.20 Å². The van der Waals surface area contributed by atoms with Crippen LogP contribution in [0, 0.1) is 6.92 Å². The Morgan fingerprint density at radius 1 is 1.05 bits per heavy atom. The highest BCUT2D eigenvalue weighted by atomic mass is 15.3. The van der Waals surface area contributed by atoms with E-state index < -0.39 is 0 Å². The molecule has 1 fully saturated rings. The van der Waals surface area contributed by atoms with Crippen LogP contribution < -0.4 is 10.6 Å². The van der Waals surface area contributed by atoms with Gasteiger partial charge in [0, 0.05) is 11.7 Å². The molecule has 1 aliphatic carbocycles. The molecule has 3 rings (SSSR count). The van der Waals surface area contributed by atoms with Crippen molar-refractivity contribution in [3.63, 3.8) is 0 Å². The highest BCUT2D eigenvalue weighted by molar-refractivity contribution is 5.56.